The maximum Gasteiger partial charge on any atom is 0.251 e. The zero-order valence-electron chi connectivity index (χ0n) is 18.5. The molecule has 0 aromatic heterocycles. The van der Waals surface area contributed by atoms with Gasteiger partial charge in [-0.1, -0.05) is 18.2 Å². The van der Waals surface area contributed by atoms with Gasteiger partial charge in [-0.15, -0.1) is 0 Å². The van der Waals surface area contributed by atoms with Crippen molar-refractivity contribution in [1.29, 1.82) is 0 Å². The van der Waals surface area contributed by atoms with E-state index in [0.717, 1.165) is 44.2 Å². The standard InChI is InChI=1S/C23H31N3O5S/c1-18(2)25-32(28,29)22-8-4-6-20(16-22)23(27)24-17-19-5-3-7-21(15-19)31-14-11-26-9-12-30-13-10-26/h3-8,15-16,18,25H,9-14,17H2,1-2H3,(H,24,27). The molecule has 1 amide bonds. The number of amides is 1. The molecule has 174 valence electrons. The third kappa shape index (κ3) is 7.30. The van der Waals surface area contributed by atoms with Gasteiger partial charge >= 0.3 is 0 Å². The van der Waals surface area contributed by atoms with Crippen molar-refractivity contribution in [3.8, 4) is 5.75 Å². The van der Waals surface area contributed by atoms with Crippen LogP contribution in [0.2, 0.25) is 0 Å². The second-order valence-electron chi connectivity index (χ2n) is 7.94. The van der Waals surface area contributed by atoms with Gasteiger partial charge in [-0.2, -0.15) is 0 Å². The molecule has 1 saturated heterocycles. The molecule has 3 rings (SSSR count). The highest BCUT2D eigenvalue weighted by Crippen LogP contribution is 2.15. The number of nitrogens with one attached hydrogen (secondary N) is 2. The molecule has 0 unspecified atom stereocenters. The third-order valence-electron chi connectivity index (χ3n) is 4.93. The highest BCUT2D eigenvalue weighted by Gasteiger charge is 2.17. The molecule has 2 aromatic rings. The average Bonchev–Trinajstić information content (AvgIpc) is 2.78. The Kier molecular flexibility index (Phi) is 8.63. The summed E-state index contributed by atoms with van der Waals surface area (Å²) in [5, 5.41) is 2.84. The lowest BCUT2D eigenvalue weighted by Gasteiger charge is -2.26. The van der Waals surface area contributed by atoms with Gasteiger partial charge in [-0.05, 0) is 49.7 Å². The van der Waals surface area contributed by atoms with Crippen molar-refractivity contribution in [2.45, 2.75) is 31.3 Å². The third-order valence-corrected chi connectivity index (χ3v) is 6.59. The lowest BCUT2D eigenvalue weighted by Crippen LogP contribution is -2.38. The molecular weight excluding hydrogens is 430 g/mol. The van der Waals surface area contributed by atoms with Crippen LogP contribution in [0.3, 0.4) is 0 Å². The van der Waals surface area contributed by atoms with Gasteiger partial charge in [0.25, 0.3) is 5.91 Å². The van der Waals surface area contributed by atoms with Crippen LogP contribution in [0.1, 0.15) is 29.8 Å². The molecule has 0 saturated carbocycles. The van der Waals surface area contributed by atoms with E-state index >= 15 is 0 Å². The fourth-order valence-corrected chi connectivity index (χ4v) is 4.63. The molecule has 0 bridgehead atoms. The maximum absolute atomic E-state index is 12.6. The number of carbonyl (C=O) groups excluding carboxylic acids is 1. The summed E-state index contributed by atoms with van der Waals surface area (Å²) in [4.78, 5) is 14.9. The molecule has 0 radical (unpaired) electrons. The molecular formula is C23H31N3O5S. The number of morpholine rings is 1. The molecule has 9 heteroatoms. The summed E-state index contributed by atoms with van der Waals surface area (Å²) in [5.41, 5.74) is 1.18. The van der Waals surface area contributed by atoms with Crippen LogP contribution in [0.5, 0.6) is 5.75 Å². The number of carbonyl (C=O) groups is 1. The fourth-order valence-electron chi connectivity index (χ4n) is 3.33. The van der Waals surface area contributed by atoms with Gasteiger partial charge in [0.2, 0.25) is 10.0 Å². The van der Waals surface area contributed by atoms with Crippen molar-refractivity contribution in [1.82, 2.24) is 14.9 Å². The monoisotopic (exact) mass is 461 g/mol. The molecule has 2 aromatic carbocycles. The highest BCUT2D eigenvalue weighted by molar-refractivity contribution is 7.89. The van der Waals surface area contributed by atoms with Crippen LogP contribution >= 0.6 is 0 Å². The van der Waals surface area contributed by atoms with Gasteiger partial charge in [0.1, 0.15) is 12.4 Å². The minimum Gasteiger partial charge on any atom is -0.492 e. The molecule has 0 spiro atoms. The van der Waals surface area contributed by atoms with Crippen molar-refractivity contribution in [3.63, 3.8) is 0 Å². The minimum absolute atomic E-state index is 0.0644. The second kappa shape index (κ2) is 11.4. The van der Waals surface area contributed by atoms with E-state index in [1.807, 2.05) is 24.3 Å². The lowest BCUT2D eigenvalue weighted by molar-refractivity contribution is 0.0322. The first-order chi connectivity index (χ1) is 15.3. The van der Waals surface area contributed by atoms with Gasteiger partial charge < -0.3 is 14.8 Å². The lowest BCUT2D eigenvalue weighted by atomic mass is 10.2. The van der Waals surface area contributed by atoms with E-state index in [2.05, 4.69) is 14.9 Å². The molecule has 32 heavy (non-hydrogen) atoms. The summed E-state index contributed by atoms with van der Waals surface area (Å²) < 4.78 is 38.4. The van der Waals surface area contributed by atoms with Crippen LogP contribution in [0.4, 0.5) is 0 Å². The Labute approximate surface area is 190 Å². The number of sulfonamides is 1. The SMILES string of the molecule is CC(C)NS(=O)(=O)c1cccc(C(=O)NCc2cccc(OCCN3CCOCC3)c2)c1. The van der Waals surface area contributed by atoms with Crippen molar-refractivity contribution in [2.24, 2.45) is 0 Å². The summed E-state index contributed by atoms with van der Waals surface area (Å²) in [7, 11) is -3.66. The van der Waals surface area contributed by atoms with Crippen LogP contribution in [0.25, 0.3) is 0 Å². The Hall–Kier alpha value is -2.46. The van der Waals surface area contributed by atoms with Crippen LogP contribution in [0, 0.1) is 0 Å². The number of rotatable bonds is 10. The van der Waals surface area contributed by atoms with Crippen LogP contribution in [-0.4, -0.2) is 64.7 Å². The molecule has 8 nitrogen and oxygen atoms in total. The van der Waals surface area contributed by atoms with Crippen molar-refractivity contribution in [3.05, 3.63) is 59.7 Å². The van der Waals surface area contributed by atoms with Gasteiger partial charge in [0, 0.05) is 37.8 Å². The largest absolute Gasteiger partial charge is 0.492 e. The number of hydrogen-bond donors (Lipinski definition) is 2. The van der Waals surface area contributed by atoms with Gasteiger partial charge in [0.15, 0.2) is 0 Å². The van der Waals surface area contributed by atoms with E-state index in [0.29, 0.717) is 13.2 Å². The topological polar surface area (TPSA) is 97.0 Å². The van der Waals surface area contributed by atoms with Crippen LogP contribution in [0.15, 0.2) is 53.4 Å². The summed E-state index contributed by atoms with van der Waals surface area (Å²) in [6.45, 7) is 8.59. The quantitative estimate of drug-likeness (QED) is 0.562. The molecule has 1 aliphatic rings. The molecule has 1 fully saturated rings. The Morgan fingerprint density at radius 3 is 2.62 bits per heavy atom. The second-order valence-corrected chi connectivity index (χ2v) is 9.65. The van der Waals surface area contributed by atoms with Crippen molar-refractivity contribution in [2.75, 3.05) is 39.5 Å². The van der Waals surface area contributed by atoms with Gasteiger partial charge in [-0.25, -0.2) is 13.1 Å². The van der Waals surface area contributed by atoms with Crippen LogP contribution in [-0.2, 0) is 21.3 Å². The van der Waals surface area contributed by atoms with Crippen molar-refractivity contribution < 1.29 is 22.7 Å². The normalized spacial score (nSPS) is 15.0. The molecule has 1 aliphatic heterocycles. The summed E-state index contributed by atoms with van der Waals surface area (Å²) in [6.07, 6.45) is 0. The molecule has 1 heterocycles. The van der Waals surface area contributed by atoms with Crippen LogP contribution < -0.4 is 14.8 Å². The summed E-state index contributed by atoms with van der Waals surface area (Å²) in [6, 6.07) is 13.3. The van der Waals surface area contributed by atoms with E-state index in [1.165, 1.54) is 12.1 Å². The first-order valence-corrected chi connectivity index (χ1v) is 12.2. The summed E-state index contributed by atoms with van der Waals surface area (Å²) in [5.74, 6) is 0.406. The molecule has 0 aliphatic carbocycles. The number of hydrogen-bond acceptors (Lipinski definition) is 6. The Morgan fingerprint density at radius 1 is 1.12 bits per heavy atom. The van der Waals surface area contributed by atoms with E-state index < -0.39 is 10.0 Å². The molecule has 0 atom stereocenters. The first-order valence-electron chi connectivity index (χ1n) is 10.8. The van der Waals surface area contributed by atoms with Crippen molar-refractivity contribution >= 4 is 15.9 Å². The predicted octanol–water partition coefficient (Wildman–Crippen LogP) is 2.01. The molecule has 2 N–H and O–H groups in total. The highest BCUT2D eigenvalue weighted by atomic mass is 32.2. The zero-order valence-corrected chi connectivity index (χ0v) is 19.4. The van der Waals surface area contributed by atoms with E-state index in [1.54, 1.807) is 26.0 Å². The van der Waals surface area contributed by atoms with E-state index in [9.17, 15) is 13.2 Å². The van der Waals surface area contributed by atoms with Gasteiger partial charge in [0.05, 0.1) is 18.1 Å². The Balaban J connectivity index is 1.53. The fraction of sp³-hybridized carbons (Fsp3) is 0.435. The predicted molar refractivity (Wildman–Crippen MR) is 122 cm³/mol. The maximum atomic E-state index is 12.6. The number of ether oxygens (including phenoxy) is 2. The number of nitrogens with zero attached hydrogens (tertiary/aromatic N) is 1. The first kappa shape index (κ1) is 24.2. The van der Waals surface area contributed by atoms with E-state index in [4.69, 9.17) is 9.47 Å². The average molecular weight is 462 g/mol. The minimum atomic E-state index is -3.66. The smallest absolute Gasteiger partial charge is 0.251 e. The Morgan fingerprint density at radius 2 is 1.88 bits per heavy atom. The number of benzene rings is 2. The van der Waals surface area contributed by atoms with E-state index in [-0.39, 0.29) is 22.4 Å². The zero-order chi connectivity index (χ0) is 23.0. The van der Waals surface area contributed by atoms with Gasteiger partial charge in [-0.3, -0.25) is 9.69 Å². The Bertz CT molecular complexity index is 1000. The summed E-state index contributed by atoms with van der Waals surface area (Å²) >= 11 is 0.